The van der Waals surface area contributed by atoms with Crippen LogP contribution in [0.1, 0.15) is 0 Å². The Balaban J connectivity index is 2.62. The average Bonchev–Trinajstić information content (AvgIpc) is 2.14. The number of aliphatic hydroxyl groups excluding tert-OH is 2. The highest BCUT2D eigenvalue weighted by Crippen LogP contribution is 2.18. The second kappa shape index (κ2) is 5.07. The number of hydrogen-bond acceptors (Lipinski definition) is 3. The molecule has 1 aromatic carbocycles. The van der Waals surface area contributed by atoms with Crippen molar-refractivity contribution in [3.05, 3.63) is 29.3 Å². The van der Waals surface area contributed by atoms with Crippen LogP contribution in [0.3, 0.4) is 0 Å². The SMILES string of the molecule is OCC(CO)Oc1cccc(Cl)c1. The number of hydrogen-bond donors (Lipinski definition) is 2. The van der Waals surface area contributed by atoms with Crippen LogP contribution in [0, 0.1) is 0 Å². The van der Waals surface area contributed by atoms with Gasteiger partial charge in [-0.1, -0.05) is 17.7 Å². The molecule has 0 aliphatic carbocycles. The van der Waals surface area contributed by atoms with Gasteiger partial charge in [0.25, 0.3) is 0 Å². The van der Waals surface area contributed by atoms with E-state index in [-0.39, 0.29) is 13.2 Å². The molecule has 0 saturated heterocycles. The largest absolute Gasteiger partial charge is 0.486 e. The molecule has 0 fully saturated rings. The van der Waals surface area contributed by atoms with Gasteiger partial charge in [-0.25, -0.2) is 0 Å². The summed E-state index contributed by atoms with van der Waals surface area (Å²) in [5.41, 5.74) is 0. The monoisotopic (exact) mass is 202 g/mol. The van der Waals surface area contributed by atoms with Gasteiger partial charge in [-0.15, -0.1) is 0 Å². The molecule has 0 aromatic heterocycles. The van der Waals surface area contributed by atoms with E-state index in [2.05, 4.69) is 0 Å². The molecule has 3 nitrogen and oxygen atoms in total. The Hall–Kier alpha value is -0.770. The smallest absolute Gasteiger partial charge is 0.145 e. The summed E-state index contributed by atoms with van der Waals surface area (Å²) in [6, 6.07) is 6.80. The molecule has 4 heteroatoms. The van der Waals surface area contributed by atoms with Crippen LogP contribution in [0.2, 0.25) is 5.02 Å². The lowest BCUT2D eigenvalue weighted by Gasteiger charge is -2.13. The quantitative estimate of drug-likeness (QED) is 0.768. The van der Waals surface area contributed by atoms with Crippen molar-refractivity contribution in [1.29, 1.82) is 0 Å². The molecule has 0 bridgehead atoms. The fourth-order valence-corrected chi connectivity index (χ4v) is 1.05. The Bertz CT molecular complexity index is 261. The summed E-state index contributed by atoms with van der Waals surface area (Å²) in [7, 11) is 0. The van der Waals surface area contributed by atoms with E-state index in [0.29, 0.717) is 10.8 Å². The minimum Gasteiger partial charge on any atom is -0.486 e. The van der Waals surface area contributed by atoms with Crippen LogP contribution in [0.4, 0.5) is 0 Å². The molecule has 1 aromatic rings. The Morgan fingerprint density at radius 1 is 1.31 bits per heavy atom. The minimum absolute atomic E-state index is 0.219. The summed E-state index contributed by atoms with van der Waals surface area (Å²) in [6.07, 6.45) is -0.585. The maximum atomic E-state index is 8.74. The van der Waals surface area contributed by atoms with Crippen molar-refractivity contribution in [1.82, 2.24) is 0 Å². The molecule has 0 unspecified atom stereocenters. The van der Waals surface area contributed by atoms with Crippen LogP contribution >= 0.6 is 11.6 Å². The molecule has 0 heterocycles. The lowest BCUT2D eigenvalue weighted by Crippen LogP contribution is -2.25. The molecular weight excluding hydrogens is 192 g/mol. The number of rotatable bonds is 4. The van der Waals surface area contributed by atoms with Crippen molar-refractivity contribution in [2.24, 2.45) is 0 Å². The van der Waals surface area contributed by atoms with E-state index in [0.717, 1.165) is 0 Å². The maximum Gasteiger partial charge on any atom is 0.145 e. The highest BCUT2D eigenvalue weighted by molar-refractivity contribution is 6.30. The van der Waals surface area contributed by atoms with E-state index in [4.69, 9.17) is 26.6 Å². The van der Waals surface area contributed by atoms with Crippen molar-refractivity contribution >= 4 is 11.6 Å². The van der Waals surface area contributed by atoms with Crippen molar-refractivity contribution in [2.75, 3.05) is 13.2 Å². The third kappa shape index (κ3) is 3.22. The number of benzene rings is 1. The minimum atomic E-state index is -0.585. The maximum absolute atomic E-state index is 8.74. The normalized spacial score (nSPS) is 10.5. The van der Waals surface area contributed by atoms with Gasteiger partial charge in [0.05, 0.1) is 13.2 Å². The van der Waals surface area contributed by atoms with Gasteiger partial charge < -0.3 is 14.9 Å². The van der Waals surface area contributed by atoms with Gasteiger partial charge in [0, 0.05) is 5.02 Å². The number of halogens is 1. The van der Waals surface area contributed by atoms with Gasteiger partial charge in [-0.2, -0.15) is 0 Å². The third-order valence-corrected chi connectivity index (χ3v) is 1.74. The van der Waals surface area contributed by atoms with Crippen LogP contribution in [0.15, 0.2) is 24.3 Å². The first-order valence-electron chi connectivity index (χ1n) is 3.90. The zero-order chi connectivity index (χ0) is 9.68. The van der Waals surface area contributed by atoms with E-state index in [1.165, 1.54) is 0 Å². The first-order valence-corrected chi connectivity index (χ1v) is 4.28. The summed E-state index contributed by atoms with van der Waals surface area (Å²) in [5.74, 6) is 0.542. The molecule has 2 N–H and O–H groups in total. The number of aliphatic hydroxyl groups is 2. The predicted molar refractivity (Wildman–Crippen MR) is 50.0 cm³/mol. The Morgan fingerprint density at radius 3 is 2.54 bits per heavy atom. The lowest BCUT2D eigenvalue weighted by molar-refractivity contribution is 0.0629. The lowest BCUT2D eigenvalue weighted by atomic mass is 10.3. The molecule has 0 radical (unpaired) electrons. The van der Waals surface area contributed by atoms with Crippen LogP contribution in [-0.2, 0) is 0 Å². The van der Waals surface area contributed by atoms with Crippen LogP contribution in [-0.4, -0.2) is 29.5 Å². The Kier molecular flexibility index (Phi) is 4.02. The first-order chi connectivity index (χ1) is 6.26. The van der Waals surface area contributed by atoms with E-state index in [1.54, 1.807) is 24.3 Å². The summed E-state index contributed by atoms with van der Waals surface area (Å²) in [6.45, 7) is -0.438. The highest BCUT2D eigenvalue weighted by Gasteiger charge is 2.06. The Labute approximate surface area is 81.5 Å². The van der Waals surface area contributed by atoms with E-state index < -0.39 is 6.10 Å². The van der Waals surface area contributed by atoms with Crippen molar-refractivity contribution in [3.63, 3.8) is 0 Å². The standard InChI is InChI=1S/C9H11ClO3/c10-7-2-1-3-8(4-7)13-9(5-11)6-12/h1-4,9,11-12H,5-6H2. The van der Waals surface area contributed by atoms with Crippen molar-refractivity contribution < 1.29 is 14.9 Å². The summed E-state index contributed by atoms with van der Waals surface area (Å²) >= 11 is 5.71. The number of ether oxygens (including phenoxy) is 1. The molecule has 0 saturated carbocycles. The highest BCUT2D eigenvalue weighted by atomic mass is 35.5. The van der Waals surface area contributed by atoms with Gasteiger partial charge >= 0.3 is 0 Å². The zero-order valence-corrected chi connectivity index (χ0v) is 7.74. The fourth-order valence-electron chi connectivity index (χ4n) is 0.865. The first kappa shape index (κ1) is 10.3. The second-order valence-corrected chi connectivity index (χ2v) is 3.00. The Morgan fingerprint density at radius 2 is 2.00 bits per heavy atom. The van der Waals surface area contributed by atoms with Gasteiger partial charge in [0.15, 0.2) is 0 Å². The molecule has 0 aliphatic heterocycles. The molecule has 0 amide bonds. The predicted octanol–water partition coefficient (Wildman–Crippen LogP) is 1.07. The van der Waals surface area contributed by atoms with E-state index in [9.17, 15) is 0 Å². The molecule has 0 atom stereocenters. The van der Waals surface area contributed by atoms with Gasteiger partial charge in [0.2, 0.25) is 0 Å². The summed E-state index contributed by atoms with van der Waals surface area (Å²) in [5, 5.41) is 18.0. The molecule has 13 heavy (non-hydrogen) atoms. The van der Waals surface area contributed by atoms with E-state index >= 15 is 0 Å². The van der Waals surface area contributed by atoms with Crippen LogP contribution < -0.4 is 4.74 Å². The van der Waals surface area contributed by atoms with Gasteiger partial charge in [-0.05, 0) is 18.2 Å². The van der Waals surface area contributed by atoms with Gasteiger partial charge in [0.1, 0.15) is 11.9 Å². The summed E-state index contributed by atoms with van der Waals surface area (Å²) < 4.78 is 5.21. The van der Waals surface area contributed by atoms with Crippen molar-refractivity contribution in [3.8, 4) is 5.75 Å². The molecule has 72 valence electrons. The van der Waals surface area contributed by atoms with E-state index in [1.807, 2.05) is 0 Å². The van der Waals surface area contributed by atoms with Gasteiger partial charge in [-0.3, -0.25) is 0 Å². The second-order valence-electron chi connectivity index (χ2n) is 2.56. The van der Waals surface area contributed by atoms with Crippen LogP contribution in [0.5, 0.6) is 5.75 Å². The fraction of sp³-hybridized carbons (Fsp3) is 0.333. The summed E-state index contributed by atoms with van der Waals surface area (Å²) in [4.78, 5) is 0. The molecule has 0 aliphatic rings. The molecule has 0 spiro atoms. The van der Waals surface area contributed by atoms with Crippen molar-refractivity contribution in [2.45, 2.75) is 6.10 Å². The zero-order valence-electron chi connectivity index (χ0n) is 6.98. The van der Waals surface area contributed by atoms with Crippen LogP contribution in [0.25, 0.3) is 0 Å². The topological polar surface area (TPSA) is 49.7 Å². The third-order valence-electron chi connectivity index (χ3n) is 1.51. The molecular formula is C9H11ClO3. The molecule has 1 rings (SSSR count). The average molecular weight is 203 g/mol.